The van der Waals surface area contributed by atoms with E-state index >= 15 is 0 Å². The largest absolute Gasteiger partial charge is 0.493 e. The third kappa shape index (κ3) is 4.49. The van der Waals surface area contributed by atoms with Crippen LogP contribution in [0.15, 0.2) is 41.6 Å². The van der Waals surface area contributed by atoms with Crippen molar-refractivity contribution in [3.05, 3.63) is 53.2 Å². The van der Waals surface area contributed by atoms with E-state index in [1.165, 1.54) is 11.8 Å². The van der Waals surface area contributed by atoms with Crippen molar-refractivity contribution in [3.8, 4) is 5.75 Å². The van der Waals surface area contributed by atoms with Gasteiger partial charge in [-0.1, -0.05) is 6.07 Å². The van der Waals surface area contributed by atoms with E-state index < -0.39 is 5.97 Å². The fourth-order valence-corrected chi connectivity index (χ4v) is 2.79. The van der Waals surface area contributed by atoms with E-state index in [2.05, 4.69) is 11.1 Å². The molecule has 0 aliphatic rings. The molecule has 21 heavy (non-hydrogen) atoms. The molecule has 0 aliphatic carbocycles. The SMILES string of the molecule is Cc1cc(C)cc(OCCSc2ncccc2C(=O)O)c1. The van der Waals surface area contributed by atoms with Crippen molar-refractivity contribution in [2.24, 2.45) is 0 Å². The molecule has 0 spiro atoms. The molecular formula is C16H17NO3S. The molecule has 0 saturated heterocycles. The number of carboxylic acid groups (broad SMARTS) is 1. The molecule has 4 nitrogen and oxygen atoms in total. The van der Waals surface area contributed by atoms with Gasteiger partial charge in [-0.15, -0.1) is 11.8 Å². The Labute approximate surface area is 128 Å². The molecule has 110 valence electrons. The molecule has 0 saturated carbocycles. The summed E-state index contributed by atoms with van der Waals surface area (Å²) < 4.78 is 5.69. The highest BCUT2D eigenvalue weighted by Crippen LogP contribution is 2.21. The first-order valence-electron chi connectivity index (χ1n) is 6.58. The number of aryl methyl sites for hydroxylation is 2. The van der Waals surface area contributed by atoms with Gasteiger partial charge in [0.05, 0.1) is 12.2 Å². The lowest BCUT2D eigenvalue weighted by atomic mass is 10.1. The maximum absolute atomic E-state index is 11.1. The van der Waals surface area contributed by atoms with Crippen molar-refractivity contribution >= 4 is 17.7 Å². The van der Waals surface area contributed by atoms with E-state index in [4.69, 9.17) is 9.84 Å². The number of benzene rings is 1. The molecule has 0 bridgehead atoms. The molecule has 0 aliphatic heterocycles. The summed E-state index contributed by atoms with van der Waals surface area (Å²) in [6, 6.07) is 9.25. The average Bonchev–Trinajstić information content (AvgIpc) is 2.43. The van der Waals surface area contributed by atoms with Gasteiger partial charge in [0.25, 0.3) is 0 Å². The number of aromatic nitrogens is 1. The Morgan fingerprint density at radius 2 is 2.00 bits per heavy atom. The summed E-state index contributed by atoms with van der Waals surface area (Å²) in [7, 11) is 0. The topological polar surface area (TPSA) is 59.4 Å². The summed E-state index contributed by atoms with van der Waals surface area (Å²) in [5, 5.41) is 9.60. The third-order valence-electron chi connectivity index (χ3n) is 2.79. The van der Waals surface area contributed by atoms with Gasteiger partial charge in [-0.25, -0.2) is 9.78 Å². The Balaban J connectivity index is 1.89. The number of thioether (sulfide) groups is 1. The van der Waals surface area contributed by atoms with Gasteiger partial charge in [-0.05, 0) is 49.2 Å². The lowest BCUT2D eigenvalue weighted by molar-refractivity contribution is 0.0692. The van der Waals surface area contributed by atoms with Crippen molar-refractivity contribution in [1.29, 1.82) is 0 Å². The summed E-state index contributed by atoms with van der Waals surface area (Å²) in [4.78, 5) is 15.2. The number of ether oxygens (including phenoxy) is 1. The standard InChI is InChI=1S/C16H17NO3S/c1-11-8-12(2)10-13(9-11)20-6-7-21-15-14(16(18)19)4-3-5-17-15/h3-5,8-10H,6-7H2,1-2H3,(H,18,19). The Bertz CT molecular complexity index is 623. The van der Waals surface area contributed by atoms with Crippen LogP contribution in [-0.2, 0) is 0 Å². The van der Waals surface area contributed by atoms with E-state index in [9.17, 15) is 4.79 Å². The summed E-state index contributed by atoms with van der Waals surface area (Å²) in [6.07, 6.45) is 1.60. The highest BCUT2D eigenvalue weighted by atomic mass is 32.2. The fraction of sp³-hybridized carbons (Fsp3) is 0.250. The average molecular weight is 303 g/mol. The first-order chi connectivity index (χ1) is 10.1. The number of aromatic carboxylic acids is 1. The fourth-order valence-electron chi connectivity index (χ4n) is 1.98. The molecule has 1 N–H and O–H groups in total. The molecule has 0 amide bonds. The van der Waals surface area contributed by atoms with Gasteiger partial charge < -0.3 is 9.84 Å². The predicted octanol–water partition coefficient (Wildman–Crippen LogP) is 3.57. The Morgan fingerprint density at radius 3 is 2.67 bits per heavy atom. The van der Waals surface area contributed by atoms with Gasteiger partial charge in [0.2, 0.25) is 0 Å². The lowest BCUT2D eigenvalue weighted by Crippen LogP contribution is -2.04. The molecule has 0 fully saturated rings. The monoisotopic (exact) mass is 303 g/mol. The van der Waals surface area contributed by atoms with Crippen molar-refractivity contribution in [1.82, 2.24) is 4.98 Å². The summed E-state index contributed by atoms with van der Waals surface area (Å²) >= 11 is 1.39. The van der Waals surface area contributed by atoms with E-state index in [0.29, 0.717) is 17.4 Å². The number of nitrogens with zero attached hydrogens (tertiary/aromatic N) is 1. The zero-order chi connectivity index (χ0) is 15.2. The molecule has 2 aromatic rings. The lowest BCUT2D eigenvalue weighted by Gasteiger charge is -2.08. The third-order valence-corrected chi connectivity index (χ3v) is 3.76. The van der Waals surface area contributed by atoms with Crippen LogP contribution >= 0.6 is 11.8 Å². The molecule has 0 atom stereocenters. The van der Waals surface area contributed by atoms with Crippen molar-refractivity contribution in [3.63, 3.8) is 0 Å². The number of hydrogen-bond acceptors (Lipinski definition) is 4. The van der Waals surface area contributed by atoms with Crippen LogP contribution < -0.4 is 4.74 Å². The number of rotatable bonds is 6. The normalized spacial score (nSPS) is 10.4. The van der Waals surface area contributed by atoms with Gasteiger partial charge in [0.1, 0.15) is 10.8 Å². The van der Waals surface area contributed by atoms with Gasteiger partial charge >= 0.3 is 5.97 Å². The number of carboxylic acids is 1. The first kappa shape index (κ1) is 15.4. The molecule has 5 heteroatoms. The van der Waals surface area contributed by atoms with Gasteiger partial charge in [0.15, 0.2) is 0 Å². The van der Waals surface area contributed by atoms with Gasteiger partial charge in [0, 0.05) is 11.9 Å². The predicted molar refractivity (Wildman–Crippen MR) is 83.3 cm³/mol. The first-order valence-corrected chi connectivity index (χ1v) is 7.57. The maximum Gasteiger partial charge on any atom is 0.338 e. The second-order valence-corrected chi connectivity index (χ2v) is 5.77. The molecule has 0 unspecified atom stereocenters. The number of carbonyl (C=O) groups is 1. The molecule has 1 aromatic carbocycles. The van der Waals surface area contributed by atoms with Crippen LogP contribution in [-0.4, -0.2) is 28.4 Å². The minimum atomic E-state index is -0.958. The number of pyridine rings is 1. The highest BCUT2D eigenvalue weighted by Gasteiger charge is 2.10. The number of hydrogen-bond donors (Lipinski definition) is 1. The van der Waals surface area contributed by atoms with Crippen molar-refractivity contribution < 1.29 is 14.6 Å². The van der Waals surface area contributed by atoms with Crippen LogP contribution in [0.2, 0.25) is 0 Å². The maximum atomic E-state index is 11.1. The van der Waals surface area contributed by atoms with Crippen LogP contribution in [0.4, 0.5) is 0 Å². The Hall–Kier alpha value is -2.01. The van der Waals surface area contributed by atoms with Gasteiger partial charge in [-0.2, -0.15) is 0 Å². The minimum absolute atomic E-state index is 0.230. The zero-order valence-electron chi connectivity index (χ0n) is 12.0. The second kappa shape index (κ2) is 7.13. The molecule has 1 aromatic heterocycles. The molecule has 1 heterocycles. The summed E-state index contributed by atoms with van der Waals surface area (Å²) in [5.74, 6) is 0.526. The van der Waals surface area contributed by atoms with Crippen LogP contribution in [0.5, 0.6) is 5.75 Å². The van der Waals surface area contributed by atoms with E-state index in [0.717, 1.165) is 16.9 Å². The van der Waals surface area contributed by atoms with E-state index in [-0.39, 0.29) is 5.56 Å². The molecular weight excluding hydrogens is 286 g/mol. The van der Waals surface area contributed by atoms with Crippen molar-refractivity contribution in [2.75, 3.05) is 12.4 Å². The zero-order valence-corrected chi connectivity index (χ0v) is 12.8. The van der Waals surface area contributed by atoms with Crippen LogP contribution in [0.25, 0.3) is 0 Å². The Kier molecular flexibility index (Phi) is 5.22. The van der Waals surface area contributed by atoms with Crippen LogP contribution in [0.1, 0.15) is 21.5 Å². The second-order valence-electron chi connectivity index (χ2n) is 4.68. The van der Waals surface area contributed by atoms with Crippen molar-refractivity contribution in [2.45, 2.75) is 18.9 Å². The van der Waals surface area contributed by atoms with E-state index in [1.54, 1.807) is 18.3 Å². The smallest absolute Gasteiger partial charge is 0.338 e. The van der Waals surface area contributed by atoms with Gasteiger partial charge in [-0.3, -0.25) is 0 Å². The highest BCUT2D eigenvalue weighted by molar-refractivity contribution is 7.99. The molecule has 2 rings (SSSR count). The van der Waals surface area contributed by atoms with E-state index in [1.807, 2.05) is 26.0 Å². The summed E-state index contributed by atoms with van der Waals surface area (Å²) in [5.41, 5.74) is 2.56. The Morgan fingerprint density at radius 1 is 1.29 bits per heavy atom. The minimum Gasteiger partial charge on any atom is -0.493 e. The van der Waals surface area contributed by atoms with Crippen LogP contribution in [0, 0.1) is 13.8 Å². The quantitative estimate of drug-likeness (QED) is 0.653. The molecule has 0 radical (unpaired) electrons. The van der Waals surface area contributed by atoms with Crippen LogP contribution in [0.3, 0.4) is 0 Å². The summed E-state index contributed by atoms with van der Waals surface area (Å²) in [6.45, 7) is 4.56.